The SMILES string of the molecule is CCOC(=O)c1cccc(OC[C@H](O)CNC[C@@H]2CCCN2CC)c1. The minimum Gasteiger partial charge on any atom is -0.491 e. The van der Waals surface area contributed by atoms with Crippen LogP contribution in [0.15, 0.2) is 24.3 Å². The van der Waals surface area contributed by atoms with Crippen molar-refractivity contribution in [1.82, 2.24) is 10.2 Å². The normalized spacial score (nSPS) is 18.9. The van der Waals surface area contributed by atoms with Gasteiger partial charge in [-0.05, 0) is 51.1 Å². The second kappa shape index (κ2) is 10.4. The average Bonchev–Trinajstić information content (AvgIpc) is 3.08. The molecule has 1 aliphatic rings. The fourth-order valence-electron chi connectivity index (χ4n) is 3.14. The molecule has 2 atom stereocenters. The summed E-state index contributed by atoms with van der Waals surface area (Å²) in [7, 11) is 0. The predicted octanol–water partition coefficient (Wildman–Crippen LogP) is 1.68. The molecule has 1 heterocycles. The Kier molecular flexibility index (Phi) is 8.18. The number of hydrogen-bond acceptors (Lipinski definition) is 6. The summed E-state index contributed by atoms with van der Waals surface area (Å²) in [6.07, 6.45) is 1.87. The summed E-state index contributed by atoms with van der Waals surface area (Å²) in [4.78, 5) is 14.2. The van der Waals surface area contributed by atoms with E-state index in [0.717, 1.165) is 13.1 Å². The molecule has 1 aromatic rings. The molecule has 2 N–H and O–H groups in total. The zero-order valence-corrected chi connectivity index (χ0v) is 15.2. The number of likely N-dealkylation sites (tertiary alicyclic amines) is 1. The Labute approximate surface area is 150 Å². The van der Waals surface area contributed by atoms with E-state index in [0.29, 0.717) is 30.5 Å². The monoisotopic (exact) mass is 350 g/mol. The molecule has 140 valence electrons. The van der Waals surface area contributed by atoms with Crippen LogP contribution in [0, 0.1) is 0 Å². The highest BCUT2D eigenvalue weighted by molar-refractivity contribution is 5.89. The lowest BCUT2D eigenvalue weighted by atomic mass is 10.2. The summed E-state index contributed by atoms with van der Waals surface area (Å²) >= 11 is 0. The van der Waals surface area contributed by atoms with Crippen LogP contribution in [0.1, 0.15) is 37.0 Å². The van der Waals surface area contributed by atoms with Crippen molar-refractivity contribution < 1.29 is 19.4 Å². The van der Waals surface area contributed by atoms with Gasteiger partial charge in [0.15, 0.2) is 0 Å². The Bertz CT molecular complexity index is 538. The number of benzene rings is 1. The first-order valence-corrected chi connectivity index (χ1v) is 9.16. The number of likely N-dealkylation sites (N-methyl/N-ethyl adjacent to an activating group) is 1. The Morgan fingerprint density at radius 3 is 3.04 bits per heavy atom. The van der Waals surface area contributed by atoms with Crippen LogP contribution >= 0.6 is 0 Å². The summed E-state index contributed by atoms with van der Waals surface area (Å²) in [6.45, 7) is 8.11. The van der Waals surface area contributed by atoms with Crippen molar-refractivity contribution in [2.24, 2.45) is 0 Å². The molecule has 0 spiro atoms. The summed E-state index contributed by atoms with van der Waals surface area (Å²) in [6, 6.07) is 7.39. The standard InChI is InChI=1S/C19H30N2O4/c1-3-21-10-6-8-16(21)12-20-13-17(22)14-25-18-9-5-7-15(11-18)19(23)24-4-2/h5,7,9,11,16-17,20,22H,3-4,6,8,10,12-14H2,1-2H3/t16-,17+/m0/s1. The third kappa shape index (κ3) is 6.30. The summed E-state index contributed by atoms with van der Waals surface area (Å²) in [5.41, 5.74) is 0.452. The second-order valence-corrected chi connectivity index (χ2v) is 6.30. The van der Waals surface area contributed by atoms with Crippen molar-refractivity contribution in [3.8, 4) is 5.75 Å². The minimum absolute atomic E-state index is 0.182. The van der Waals surface area contributed by atoms with Gasteiger partial charge in [0.05, 0.1) is 12.2 Å². The van der Waals surface area contributed by atoms with Crippen LogP contribution in [0.25, 0.3) is 0 Å². The van der Waals surface area contributed by atoms with E-state index < -0.39 is 6.10 Å². The maximum atomic E-state index is 11.7. The molecule has 1 fully saturated rings. The number of hydrogen-bond donors (Lipinski definition) is 2. The van der Waals surface area contributed by atoms with Gasteiger partial charge < -0.3 is 19.9 Å². The van der Waals surface area contributed by atoms with Crippen molar-refractivity contribution in [2.45, 2.75) is 38.8 Å². The number of nitrogens with one attached hydrogen (secondary N) is 1. The largest absolute Gasteiger partial charge is 0.491 e. The molecule has 0 amide bonds. The van der Waals surface area contributed by atoms with Crippen LogP contribution in [0.2, 0.25) is 0 Å². The minimum atomic E-state index is -0.595. The molecular formula is C19H30N2O4. The van der Waals surface area contributed by atoms with Crippen molar-refractivity contribution in [3.05, 3.63) is 29.8 Å². The summed E-state index contributed by atoms with van der Waals surface area (Å²) in [5.74, 6) is 0.185. The first-order valence-electron chi connectivity index (χ1n) is 9.16. The third-order valence-corrected chi connectivity index (χ3v) is 4.45. The van der Waals surface area contributed by atoms with E-state index in [2.05, 4.69) is 17.1 Å². The van der Waals surface area contributed by atoms with E-state index in [9.17, 15) is 9.90 Å². The number of nitrogens with zero attached hydrogens (tertiary/aromatic N) is 1. The van der Waals surface area contributed by atoms with Crippen LogP contribution in [0.3, 0.4) is 0 Å². The molecule has 1 aromatic carbocycles. The Hall–Kier alpha value is -1.63. The molecule has 0 radical (unpaired) electrons. The number of rotatable bonds is 10. The Morgan fingerprint density at radius 1 is 1.44 bits per heavy atom. The predicted molar refractivity (Wildman–Crippen MR) is 97.0 cm³/mol. The second-order valence-electron chi connectivity index (χ2n) is 6.30. The van der Waals surface area contributed by atoms with Crippen LogP contribution in [0.5, 0.6) is 5.75 Å². The lowest BCUT2D eigenvalue weighted by molar-refractivity contribution is 0.0525. The van der Waals surface area contributed by atoms with E-state index in [1.807, 2.05) is 0 Å². The van der Waals surface area contributed by atoms with Crippen molar-refractivity contribution in [3.63, 3.8) is 0 Å². The van der Waals surface area contributed by atoms with Gasteiger partial charge in [-0.3, -0.25) is 4.90 Å². The van der Waals surface area contributed by atoms with Gasteiger partial charge in [0, 0.05) is 19.1 Å². The molecule has 1 aliphatic heterocycles. The fourth-order valence-corrected chi connectivity index (χ4v) is 3.14. The smallest absolute Gasteiger partial charge is 0.338 e. The van der Waals surface area contributed by atoms with Gasteiger partial charge in [0.25, 0.3) is 0 Å². The van der Waals surface area contributed by atoms with Gasteiger partial charge in [0.1, 0.15) is 18.5 Å². The third-order valence-electron chi connectivity index (χ3n) is 4.45. The molecule has 0 aromatic heterocycles. The topological polar surface area (TPSA) is 71.0 Å². The lowest BCUT2D eigenvalue weighted by Crippen LogP contribution is -2.41. The molecule has 25 heavy (non-hydrogen) atoms. The van der Waals surface area contributed by atoms with Gasteiger partial charge in [-0.1, -0.05) is 13.0 Å². The van der Waals surface area contributed by atoms with E-state index in [-0.39, 0.29) is 12.6 Å². The molecule has 6 nitrogen and oxygen atoms in total. The van der Waals surface area contributed by atoms with Crippen LogP contribution in [0.4, 0.5) is 0 Å². The first-order chi connectivity index (χ1) is 12.1. The molecule has 1 saturated heterocycles. The fraction of sp³-hybridized carbons (Fsp3) is 0.632. The average molecular weight is 350 g/mol. The van der Waals surface area contributed by atoms with Gasteiger partial charge in [0.2, 0.25) is 0 Å². The van der Waals surface area contributed by atoms with Crippen molar-refractivity contribution in [2.75, 3.05) is 39.4 Å². The van der Waals surface area contributed by atoms with Gasteiger partial charge >= 0.3 is 5.97 Å². The molecule has 2 rings (SSSR count). The van der Waals surface area contributed by atoms with E-state index >= 15 is 0 Å². The lowest BCUT2D eigenvalue weighted by Gasteiger charge is -2.23. The number of aliphatic hydroxyl groups is 1. The van der Waals surface area contributed by atoms with E-state index in [4.69, 9.17) is 9.47 Å². The summed E-state index contributed by atoms with van der Waals surface area (Å²) in [5, 5.41) is 13.4. The van der Waals surface area contributed by atoms with Gasteiger partial charge in [-0.25, -0.2) is 4.79 Å². The summed E-state index contributed by atoms with van der Waals surface area (Å²) < 4.78 is 10.6. The highest BCUT2D eigenvalue weighted by Crippen LogP contribution is 2.16. The highest BCUT2D eigenvalue weighted by Gasteiger charge is 2.22. The number of ether oxygens (including phenoxy) is 2. The number of esters is 1. The van der Waals surface area contributed by atoms with E-state index in [1.165, 1.54) is 19.4 Å². The molecule has 0 saturated carbocycles. The quantitative estimate of drug-likeness (QED) is 0.626. The maximum absolute atomic E-state index is 11.7. The molecule has 0 bridgehead atoms. The molecular weight excluding hydrogens is 320 g/mol. The number of carbonyl (C=O) groups excluding carboxylic acids is 1. The number of carbonyl (C=O) groups is 1. The molecule has 0 aliphatic carbocycles. The zero-order valence-electron chi connectivity index (χ0n) is 15.2. The first kappa shape index (κ1) is 19.7. The van der Waals surface area contributed by atoms with Crippen molar-refractivity contribution >= 4 is 5.97 Å². The Balaban J connectivity index is 1.70. The van der Waals surface area contributed by atoms with Gasteiger partial charge in [-0.2, -0.15) is 0 Å². The van der Waals surface area contributed by atoms with Crippen LogP contribution in [-0.4, -0.2) is 67.5 Å². The molecule has 0 unspecified atom stereocenters. The van der Waals surface area contributed by atoms with Crippen LogP contribution < -0.4 is 10.1 Å². The van der Waals surface area contributed by atoms with Gasteiger partial charge in [-0.15, -0.1) is 0 Å². The number of aliphatic hydroxyl groups excluding tert-OH is 1. The zero-order chi connectivity index (χ0) is 18.1. The Morgan fingerprint density at radius 2 is 2.28 bits per heavy atom. The van der Waals surface area contributed by atoms with Crippen LogP contribution in [-0.2, 0) is 4.74 Å². The highest BCUT2D eigenvalue weighted by atomic mass is 16.5. The van der Waals surface area contributed by atoms with E-state index in [1.54, 1.807) is 31.2 Å². The van der Waals surface area contributed by atoms with Crippen molar-refractivity contribution in [1.29, 1.82) is 0 Å². The maximum Gasteiger partial charge on any atom is 0.338 e. The molecule has 6 heteroatoms.